The van der Waals surface area contributed by atoms with Gasteiger partial charge in [-0.15, -0.1) is 0 Å². The van der Waals surface area contributed by atoms with Crippen molar-refractivity contribution in [3.63, 3.8) is 0 Å². The summed E-state index contributed by atoms with van der Waals surface area (Å²) < 4.78 is 0. The summed E-state index contributed by atoms with van der Waals surface area (Å²) in [4.78, 5) is 0. The first-order valence-corrected chi connectivity index (χ1v) is 5.41. The standard InChI is InChI=1S/C11H25N/c1-5-7-12-9-11(4)8-10(3)6-2/h10-12H,5-9H2,1-4H3/t10-,11-/m0/s1. The Kier molecular flexibility index (Phi) is 7.58. The average Bonchev–Trinajstić information content (AvgIpc) is 2.05. The van der Waals surface area contributed by atoms with Crippen LogP contribution in [0, 0.1) is 11.8 Å². The van der Waals surface area contributed by atoms with E-state index in [0.29, 0.717) is 0 Å². The monoisotopic (exact) mass is 171 g/mol. The van der Waals surface area contributed by atoms with E-state index in [1.807, 2.05) is 0 Å². The lowest BCUT2D eigenvalue weighted by atomic mass is 9.95. The van der Waals surface area contributed by atoms with E-state index in [2.05, 4.69) is 33.0 Å². The van der Waals surface area contributed by atoms with Crippen molar-refractivity contribution < 1.29 is 0 Å². The van der Waals surface area contributed by atoms with Gasteiger partial charge in [0.15, 0.2) is 0 Å². The third kappa shape index (κ3) is 6.66. The van der Waals surface area contributed by atoms with Crippen molar-refractivity contribution in [3.8, 4) is 0 Å². The second-order valence-corrected chi connectivity index (χ2v) is 4.06. The predicted molar refractivity (Wildman–Crippen MR) is 56.4 cm³/mol. The zero-order chi connectivity index (χ0) is 9.40. The Morgan fingerprint density at radius 3 is 2.25 bits per heavy atom. The number of hydrogen-bond acceptors (Lipinski definition) is 1. The van der Waals surface area contributed by atoms with Gasteiger partial charge in [0.2, 0.25) is 0 Å². The van der Waals surface area contributed by atoms with Gasteiger partial charge < -0.3 is 5.32 Å². The molecule has 0 amide bonds. The van der Waals surface area contributed by atoms with Crippen molar-refractivity contribution in [1.29, 1.82) is 0 Å². The first-order valence-electron chi connectivity index (χ1n) is 5.41. The molecule has 0 fully saturated rings. The smallest absolute Gasteiger partial charge is 0.00231 e. The second-order valence-electron chi connectivity index (χ2n) is 4.06. The quantitative estimate of drug-likeness (QED) is 0.580. The summed E-state index contributed by atoms with van der Waals surface area (Å²) in [7, 11) is 0. The van der Waals surface area contributed by atoms with Crippen LogP contribution in [0.4, 0.5) is 0 Å². The Labute approximate surface area is 77.9 Å². The molecule has 12 heavy (non-hydrogen) atoms. The molecule has 0 spiro atoms. The molecule has 74 valence electrons. The lowest BCUT2D eigenvalue weighted by Gasteiger charge is -2.16. The molecule has 2 atom stereocenters. The van der Waals surface area contributed by atoms with Gasteiger partial charge in [0.25, 0.3) is 0 Å². The summed E-state index contributed by atoms with van der Waals surface area (Å²) in [6.45, 7) is 11.5. The number of rotatable bonds is 7. The second kappa shape index (κ2) is 7.60. The van der Waals surface area contributed by atoms with Gasteiger partial charge in [0.05, 0.1) is 0 Å². The molecule has 0 saturated heterocycles. The maximum Gasteiger partial charge on any atom is -0.00231 e. The zero-order valence-corrected chi connectivity index (χ0v) is 9.19. The van der Waals surface area contributed by atoms with Crippen LogP contribution in [0.2, 0.25) is 0 Å². The molecule has 0 rings (SSSR count). The Morgan fingerprint density at radius 1 is 1.08 bits per heavy atom. The first kappa shape index (κ1) is 12.0. The SMILES string of the molecule is CCCNC[C@@H](C)C[C@@H](C)CC. The highest BCUT2D eigenvalue weighted by Crippen LogP contribution is 2.13. The average molecular weight is 171 g/mol. The van der Waals surface area contributed by atoms with Gasteiger partial charge in [-0.2, -0.15) is 0 Å². The van der Waals surface area contributed by atoms with Crippen LogP contribution in [0.1, 0.15) is 47.0 Å². The zero-order valence-electron chi connectivity index (χ0n) is 9.19. The maximum atomic E-state index is 3.46. The van der Waals surface area contributed by atoms with Crippen LogP contribution in [-0.4, -0.2) is 13.1 Å². The Morgan fingerprint density at radius 2 is 1.75 bits per heavy atom. The predicted octanol–water partition coefficient (Wildman–Crippen LogP) is 3.06. The fraction of sp³-hybridized carbons (Fsp3) is 1.00. The normalized spacial score (nSPS) is 16.0. The lowest BCUT2D eigenvalue weighted by Crippen LogP contribution is -2.22. The van der Waals surface area contributed by atoms with Crippen molar-refractivity contribution in [2.75, 3.05) is 13.1 Å². The topological polar surface area (TPSA) is 12.0 Å². The van der Waals surface area contributed by atoms with Crippen LogP contribution in [0.5, 0.6) is 0 Å². The first-order chi connectivity index (χ1) is 5.70. The Balaban J connectivity index is 3.26. The van der Waals surface area contributed by atoms with E-state index < -0.39 is 0 Å². The minimum atomic E-state index is 0.839. The van der Waals surface area contributed by atoms with Crippen molar-refractivity contribution in [2.45, 2.75) is 47.0 Å². The largest absolute Gasteiger partial charge is 0.316 e. The fourth-order valence-electron chi connectivity index (χ4n) is 1.46. The Bertz CT molecular complexity index is 91.0. The molecule has 0 bridgehead atoms. The minimum absolute atomic E-state index is 0.839. The van der Waals surface area contributed by atoms with Gasteiger partial charge in [-0.05, 0) is 37.8 Å². The summed E-state index contributed by atoms with van der Waals surface area (Å²) in [6, 6.07) is 0. The molecule has 0 radical (unpaired) electrons. The summed E-state index contributed by atoms with van der Waals surface area (Å²) in [5.41, 5.74) is 0. The van der Waals surface area contributed by atoms with Crippen molar-refractivity contribution in [1.82, 2.24) is 5.32 Å². The van der Waals surface area contributed by atoms with E-state index in [-0.39, 0.29) is 0 Å². The molecule has 0 aliphatic heterocycles. The van der Waals surface area contributed by atoms with E-state index in [0.717, 1.165) is 11.8 Å². The van der Waals surface area contributed by atoms with Gasteiger partial charge >= 0.3 is 0 Å². The van der Waals surface area contributed by atoms with Crippen LogP contribution in [0.15, 0.2) is 0 Å². The summed E-state index contributed by atoms with van der Waals surface area (Å²) in [5.74, 6) is 1.73. The molecule has 1 N–H and O–H groups in total. The van der Waals surface area contributed by atoms with Gasteiger partial charge in [-0.3, -0.25) is 0 Å². The van der Waals surface area contributed by atoms with Crippen molar-refractivity contribution >= 4 is 0 Å². The molecule has 1 heteroatoms. The van der Waals surface area contributed by atoms with E-state index in [9.17, 15) is 0 Å². The molecular formula is C11H25N. The van der Waals surface area contributed by atoms with Gasteiger partial charge in [-0.25, -0.2) is 0 Å². The summed E-state index contributed by atoms with van der Waals surface area (Å²) in [5, 5.41) is 3.46. The van der Waals surface area contributed by atoms with E-state index in [1.54, 1.807) is 0 Å². The lowest BCUT2D eigenvalue weighted by molar-refractivity contribution is 0.388. The highest BCUT2D eigenvalue weighted by Gasteiger charge is 2.05. The van der Waals surface area contributed by atoms with Crippen LogP contribution in [0.25, 0.3) is 0 Å². The number of nitrogens with one attached hydrogen (secondary N) is 1. The molecule has 0 aliphatic rings. The molecule has 0 saturated carbocycles. The molecule has 0 aromatic carbocycles. The van der Waals surface area contributed by atoms with E-state index >= 15 is 0 Å². The highest BCUT2D eigenvalue weighted by molar-refractivity contribution is 4.60. The molecule has 0 unspecified atom stereocenters. The van der Waals surface area contributed by atoms with Crippen LogP contribution < -0.4 is 5.32 Å². The molecule has 0 aromatic rings. The molecule has 0 aliphatic carbocycles. The van der Waals surface area contributed by atoms with Crippen LogP contribution in [-0.2, 0) is 0 Å². The van der Waals surface area contributed by atoms with E-state index in [1.165, 1.54) is 32.4 Å². The van der Waals surface area contributed by atoms with Gasteiger partial charge in [0, 0.05) is 0 Å². The minimum Gasteiger partial charge on any atom is -0.316 e. The van der Waals surface area contributed by atoms with E-state index in [4.69, 9.17) is 0 Å². The number of hydrogen-bond donors (Lipinski definition) is 1. The molecular weight excluding hydrogens is 146 g/mol. The molecule has 1 nitrogen and oxygen atoms in total. The Hall–Kier alpha value is -0.0400. The van der Waals surface area contributed by atoms with Crippen molar-refractivity contribution in [2.24, 2.45) is 11.8 Å². The molecule has 0 aromatic heterocycles. The summed E-state index contributed by atoms with van der Waals surface area (Å²) in [6.07, 6.45) is 3.93. The van der Waals surface area contributed by atoms with Crippen LogP contribution in [0.3, 0.4) is 0 Å². The van der Waals surface area contributed by atoms with Crippen molar-refractivity contribution in [3.05, 3.63) is 0 Å². The third-order valence-corrected chi connectivity index (χ3v) is 2.42. The van der Waals surface area contributed by atoms with Gasteiger partial charge in [-0.1, -0.05) is 34.1 Å². The fourth-order valence-corrected chi connectivity index (χ4v) is 1.46. The third-order valence-electron chi connectivity index (χ3n) is 2.42. The summed E-state index contributed by atoms with van der Waals surface area (Å²) >= 11 is 0. The van der Waals surface area contributed by atoms with Gasteiger partial charge in [0.1, 0.15) is 0 Å². The highest BCUT2D eigenvalue weighted by atomic mass is 14.8. The maximum absolute atomic E-state index is 3.46. The van der Waals surface area contributed by atoms with Crippen LogP contribution >= 0.6 is 0 Å². The molecule has 0 heterocycles.